The molecule has 0 aliphatic carbocycles. The van der Waals surface area contributed by atoms with E-state index in [1.54, 1.807) is 37.4 Å². The highest BCUT2D eigenvalue weighted by Crippen LogP contribution is 2.22. The van der Waals surface area contributed by atoms with Crippen molar-refractivity contribution in [3.63, 3.8) is 0 Å². The lowest BCUT2D eigenvalue weighted by Crippen LogP contribution is -2.24. The summed E-state index contributed by atoms with van der Waals surface area (Å²) in [6, 6.07) is 14.5. The molecule has 0 radical (unpaired) electrons. The number of rotatable bonds is 7. The second-order valence-electron chi connectivity index (χ2n) is 5.80. The third-order valence-corrected chi connectivity index (χ3v) is 5.00. The van der Waals surface area contributed by atoms with Crippen molar-refractivity contribution in [1.82, 2.24) is 14.9 Å². The fourth-order valence-corrected chi connectivity index (χ4v) is 3.40. The third-order valence-electron chi connectivity index (χ3n) is 3.70. The summed E-state index contributed by atoms with van der Waals surface area (Å²) in [7, 11) is -1.94. The molecule has 0 unspecified atom stereocenters. The Hall–Kier alpha value is -2.71. The van der Waals surface area contributed by atoms with Gasteiger partial charge in [0.25, 0.3) is 0 Å². The molecular formula is C18H19N3O4S. The van der Waals surface area contributed by atoms with Gasteiger partial charge < -0.3 is 9.15 Å². The van der Waals surface area contributed by atoms with E-state index in [1.165, 1.54) is 0 Å². The summed E-state index contributed by atoms with van der Waals surface area (Å²) in [4.78, 5) is 0. The Morgan fingerprint density at radius 2 is 1.88 bits per heavy atom. The van der Waals surface area contributed by atoms with Crippen LogP contribution in [0.2, 0.25) is 0 Å². The zero-order valence-electron chi connectivity index (χ0n) is 14.5. The Kier molecular flexibility index (Phi) is 5.34. The van der Waals surface area contributed by atoms with E-state index in [4.69, 9.17) is 9.15 Å². The predicted octanol–water partition coefficient (Wildman–Crippen LogP) is 2.67. The molecular weight excluding hydrogens is 354 g/mol. The van der Waals surface area contributed by atoms with Crippen molar-refractivity contribution in [1.29, 1.82) is 0 Å². The zero-order chi connectivity index (χ0) is 18.6. The van der Waals surface area contributed by atoms with Gasteiger partial charge in [0.05, 0.1) is 19.4 Å². The first-order valence-electron chi connectivity index (χ1n) is 7.95. The first-order valence-corrected chi connectivity index (χ1v) is 9.60. The van der Waals surface area contributed by atoms with Gasteiger partial charge in [-0.2, -0.15) is 0 Å². The standard InChI is InChI=1S/C18H19N3O4S/c1-13-6-8-14(9-7-13)12-26(22,23)19-11-17-20-21-18(25-17)15-4-3-5-16(10-15)24-2/h3-10,19H,11-12H2,1-2H3. The molecule has 0 aliphatic heterocycles. The van der Waals surface area contributed by atoms with E-state index in [1.807, 2.05) is 25.1 Å². The van der Waals surface area contributed by atoms with Crippen LogP contribution in [-0.2, 0) is 22.3 Å². The van der Waals surface area contributed by atoms with Crippen LogP contribution in [0.4, 0.5) is 0 Å². The van der Waals surface area contributed by atoms with Crippen molar-refractivity contribution in [3.05, 3.63) is 65.5 Å². The number of nitrogens with zero attached hydrogens (tertiary/aromatic N) is 2. The number of aromatic nitrogens is 2. The van der Waals surface area contributed by atoms with E-state index >= 15 is 0 Å². The van der Waals surface area contributed by atoms with Gasteiger partial charge in [-0.15, -0.1) is 10.2 Å². The largest absolute Gasteiger partial charge is 0.497 e. The van der Waals surface area contributed by atoms with Gasteiger partial charge in [-0.1, -0.05) is 35.9 Å². The summed E-state index contributed by atoms with van der Waals surface area (Å²) in [5.41, 5.74) is 2.49. The molecule has 8 heteroatoms. The maximum absolute atomic E-state index is 12.2. The van der Waals surface area contributed by atoms with Gasteiger partial charge in [0.15, 0.2) is 0 Å². The molecule has 2 aromatic carbocycles. The van der Waals surface area contributed by atoms with E-state index in [2.05, 4.69) is 14.9 Å². The Bertz CT molecular complexity index is 982. The Morgan fingerprint density at radius 1 is 1.12 bits per heavy atom. The molecule has 0 bridgehead atoms. The molecule has 0 spiro atoms. The third kappa shape index (κ3) is 4.68. The van der Waals surface area contributed by atoms with Crippen molar-refractivity contribution in [3.8, 4) is 17.2 Å². The maximum atomic E-state index is 12.2. The van der Waals surface area contributed by atoms with Gasteiger partial charge in [0, 0.05) is 5.56 Å². The van der Waals surface area contributed by atoms with Gasteiger partial charge >= 0.3 is 0 Å². The molecule has 26 heavy (non-hydrogen) atoms. The molecule has 0 atom stereocenters. The first-order chi connectivity index (χ1) is 12.4. The van der Waals surface area contributed by atoms with Crippen molar-refractivity contribution in [2.75, 3.05) is 7.11 Å². The van der Waals surface area contributed by atoms with Gasteiger partial charge in [-0.3, -0.25) is 0 Å². The summed E-state index contributed by atoms with van der Waals surface area (Å²) in [5.74, 6) is 1.05. The van der Waals surface area contributed by atoms with E-state index in [-0.39, 0.29) is 18.2 Å². The van der Waals surface area contributed by atoms with Gasteiger partial charge in [0.2, 0.25) is 21.8 Å². The molecule has 1 heterocycles. The maximum Gasteiger partial charge on any atom is 0.247 e. The number of benzene rings is 2. The van der Waals surface area contributed by atoms with Crippen LogP contribution < -0.4 is 9.46 Å². The molecule has 0 aliphatic rings. The molecule has 3 aromatic rings. The lowest BCUT2D eigenvalue weighted by Gasteiger charge is -2.05. The number of hydrogen-bond acceptors (Lipinski definition) is 6. The second-order valence-corrected chi connectivity index (χ2v) is 7.61. The molecule has 0 saturated carbocycles. The number of hydrogen-bond donors (Lipinski definition) is 1. The summed E-state index contributed by atoms with van der Waals surface area (Å²) < 4.78 is 37.6. The monoisotopic (exact) mass is 373 g/mol. The molecule has 0 fully saturated rings. The number of aryl methyl sites for hydroxylation is 1. The lowest BCUT2D eigenvalue weighted by molar-refractivity contribution is 0.414. The number of ether oxygens (including phenoxy) is 1. The summed E-state index contributed by atoms with van der Waals surface area (Å²) in [6.45, 7) is 1.89. The molecule has 0 saturated heterocycles. The number of methoxy groups -OCH3 is 1. The van der Waals surface area contributed by atoms with E-state index in [0.717, 1.165) is 5.56 Å². The first kappa shape index (κ1) is 18.1. The smallest absolute Gasteiger partial charge is 0.247 e. The molecule has 3 rings (SSSR count). The molecule has 0 amide bonds. The lowest BCUT2D eigenvalue weighted by atomic mass is 10.2. The Morgan fingerprint density at radius 3 is 2.62 bits per heavy atom. The van der Waals surface area contributed by atoms with Crippen molar-refractivity contribution in [2.24, 2.45) is 0 Å². The fraction of sp³-hybridized carbons (Fsp3) is 0.222. The van der Waals surface area contributed by atoms with E-state index < -0.39 is 10.0 Å². The quantitative estimate of drug-likeness (QED) is 0.684. The van der Waals surface area contributed by atoms with Crippen LogP contribution in [0.15, 0.2) is 52.9 Å². The number of nitrogens with one attached hydrogen (secondary N) is 1. The fourth-order valence-electron chi connectivity index (χ4n) is 2.32. The zero-order valence-corrected chi connectivity index (χ0v) is 15.3. The Balaban J connectivity index is 1.64. The number of sulfonamides is 1. The predicted molar refractivity (Wildman–Crippen MR) is 96.9 cm³/mol. The average Bonchev–Trinajstić information content (AvgIpc) is 3.11. The van der Waals surface area contributed by atoms with Crippen molar-refractivity contribution < 1.29 is 17.6 Å². The normalized spacial score (nSPS) is 11.5. The van der Waals surface area contributed by atoms with Crippen LogP contribution in [0, 0.1) is 6.92 Å². The SMILES string of the molecule is COc1cccc(-c2nnc(CNS(=O)(=O)Cc3ccc(C)cc3)o2)c1. The van der Waals surface area contributed by atoms with Crippen LogP contribution in [0.5, 0.6) is 5.75 Å². The minimum Gasteiger partial charge on any atom is -0.497 e. The van der Waals surface area contributed by atoms with E-state index in [9.17, 15) is 8.42 Å². The minimum absolute atomic E-state index is 0.0643. The van der Waals surface area contributed by atoms with Crippen LogP contribution in [0.1, 0.15) is 17.0 Å². The highest BCUT2D eigenvalue weighted by molar-refractivity contribution is 7.88. The summed E-state index contributed by atoms with van der Waals surface area (Å²) >= 11 is 0. The van der Waals surface area contributed by atoms with Crippen LogP contribution in [0.3, 0.4) is 0 Å². The van der Waals surface area contributed by atoms with Crippen molar-refractivity contribution in [2.45, 2.75) is 19.2 Å². The van der Waals surface area contributed by atoms with Crippen LogP contribution in [0.25, 0.3) is 11.5 Å². The minimum atomic E-state index is -3.51. The van der Waals surface area contributed by atoms with Crippen molar-refractivity contribution >= 4 is 10.0 Å². The highest BCUT2D eigenvalue weighted by Gasteiger charge is 2.15. The summed E-state index contributed by atoms with van der Waals surface area (Å²) in [6.07, 6.45) is 0. The molecule has 7 nitrogen and oxygen atoms in total. The average molecular weight is 373 g/mol. The molecule has 1 N–H and O–H groups in total. The Labute approximate surface area is 152 Å². The summed E-state index contributed by atoms with van der Waals surface area (Å²) in [5, 5.41) is 7.83. The van der Waals surface area contributed by atoms with E-state index in [0.29, 0.717) is 22.8 Å². The van der Waals surface area contributed by atoms with Gasteiger partial charge in [-0.05, 0) is 30.7 Å². The van der Waals surface area contributed by atoms with Gasteiger partial charge in [0.1, 0.15) is 5.75 Å². The van der Waals surface area contributed by atoms with Crippen LogP contribution >= 0.6 is 0 Å². The van der Waals surface area contributed by atoms with Gasteiger partial charge in [-0.25, -0.2) is 13.1 Å². The molecule has 1 aromatic heterocycles. The molecule has 136 valence electrons. The highest BCUT2D eigenvalue weighted by atomic mass is 32.2. The topological polar surface area (TPSA) is 94.3 Å². The second kappa shape index (κ2) is 7.67. The van der Waals surface area contributed by atoms with Crippen LogP contribution in [-0.4, -0.2) is 25.7 Å².